The van der Waals surface area contributed by atoms with Gasteiger partial charge in [-0.15, -0.1) is 13.2 Å². The van der Waals surface area contributed by atoms with E-state index in [1.165, 1.54) is 0 Å². The molecule has 0 aliphatic rings. The molecule has 0 amide bonds. The lowest BCUT2D eigenvalue weighted by Crippen LogP contribution is -2.19. The average Bonchev–Trinajstić information content (AvgIpc) is 2.13. The number of hydrogen-bond acceptors (Lipinski definition) is 3. The summed E-state index contributed by atoms with van der Waals surface area (Å²) < 4.78 is 85.9. The molecule has 0 heterocycles. The number of primary sulfonamides is 1. The fourth-order valence-corrected chi connectivity index (χ4v) is 1.90. The molecule has 0 spiro atoms. The van der Waals surface area contributed by atoms with Crippen LogP contribution in [-0.2, 0) is 10.0 Å². The number of halogens is 5. The van der Waals surface area contributed by atoms with Crippen LogP contribution in [0.5, 0.6) is 5.75 Å². The summed E-state index contributed by atoms with van der Waals surface area (Å²) in [4.78, 5) is -1.11. The molecule has 0 aliphatic carbocycles. The van der Waals surface area contributed by atoms with E-state index in [1.54, 1.807) is 0 Å². The number of benzene rings is 1. The van der Waals surface area contributed by atoms with Gasteiger partial charge in [0, 0.05) is 11.6 Å². The maximum atomic E-state index is 12.4. The van der Waals surface area contributed by atoms with E-state index in [0.717, 1.165) is 0 Å². The van der Waals surface area contributed by atoms with Crippen molar-refractivity contribution in [3.8, 4) is 5.75 Å². The van der Waals surface area contributed by atoms with Crippen LogP contribution in [0.15, 0.2) is 23.1 Å². The molecule has 1 rings (SSSR count). The molecule has 0 saturated heterocycles. The minimum absolute atomic E-state index is 0.296. The van der Waals surface area contributed by atoms with E-state index >= 15 is 0 Å². The van der Waals surface area contributed by atoms with Gasteiger partial charge in [-0.3, -0.25) is 0 Å². The van der Waals surface area contributed by atoms with E-state index in [1.807, 2.05) is 0 Å². The zero-order valence-corrected chi connectivity index (χ0v) is 9.23. The Morgan fingerprint density at radius 3 is 2.17 bits per heavy atom. The fraction of sp³-hybridized carbons (Fsp3) is 0.250. The van der Waals surface area contributed by atoms with Crippen molar-refractivity contribution in [1.82, 2.24) is 0 Å². The third-order valence-electron chi connectivity index (χ3n) is 1.76. The Balaban J connectivity index is 3.31. The first-order chi connectivity index (χ1) is 8.00. The zero-order chi connectivity index (χ0) is 14.1. The van der Waals surface area contributed by atoms with Crippen molar-refractivity contribution in [3.63, 3.8) is 0 Å². The number of alkyl halides is 5. The highest BCUT2D eigenvalue weighted by Gasteiger charge is 2.32. The molecule has 4 nitrogen and oxygen atoms in total. The highest BCUT2D eigenvalue weighted by molar-refractivity contribution is 7.89. The van der Waals surface area contributed by atoms with Crippen LogP contribution >= 0.6 is 0 Å². The molecular weight excluding hydrogens is 285 g/mol. The lowest BCUT2D eigenvalue weighted by atomic mass is 10.2. The van der Waals surface area contributed by atoms with Crippen molar-refractivity contribution in [2.75, 3.05) is 0 Å². The first kappa shape index (κ1) is 14.6. The van der Waals surface area contributed by atoms with Crippen molar-refractivity contribution < 1.29 is 35.1 Å². The fourth-order valence-electron chi connectivity index (χ4n) is 1.14. The molecule has 2 N–H and O–H groups in total. The molecule has 1 aromatic rings. The normalized spacial score (nSPS) is 12.8. The highest BCUT2D eigenvalue weighted by Crippen LogP contribution is 2.31. The quantitative estimate of drug-likeness (QED) is 0.868. The number of nitrogens with two attached hydrogens (primary N) is 1. The van der Waals surface area contributed by atoms with E-state index < -0.39 is 39.0 Å². The van der Waals surface area contributed by atoms with Gasteiger partial charge in [-0.25, -0.2) is 22.3 Å². The van der Waals surface area contributed by atoms with E-state index in [-0.39, 0.29) is 0 Å². The maximum Gasteiger partial charge on any atom is 0.573 e. The first-order valence-electron chi connectivity index (χ1n) is 4.21. The van der Waals surface area contributed by atoms with Crippen LogP contribution in [0.4, 0.5) is 22.0 Å². The molecule has 18 heavy (non-hydrogen) atoms. The molecule has 0 aliphatic heterocycles. The molecule has 0 aromatic heterocycles. The van der Waals surface area contributed by atoms with E-state index in [0.29, 0.717) is 18.2 Å². The molecule has 0 unspecified atom stereocenters. The lowest BCUT2D eigenvalue weighted by Gasteiger charge is -2.12. The Bertz CT molecular complexity index is 540. The van der Waals surface area contributed by atoms with Crippen molar-refractivity contribution >= 4 is 10.0 Å². The second kappa shape index (κ2) is 4.69. The second-order valence-corrected chi connectivity index (χ2v) is 4.62. The summed E-state index contributed by atoms with van der Waals surface area (Å²) in [6.07, 6.45) is -8.26. The zero-order valence-electron chi connectivity index (χ0n) is 8.41. The van der Waals surface area contributed by atoms with Gasteiger partial charge < -0.3 is 4.74 Å². The van der Waals surface area contributed by atoms with Gasteiger partial charge >= 0.3 is 6.36 Å². The SMILES string of the molecule is NS(=O)(=O)c1cc(OC(F)(F)F)ccc1C(F)F. The summed E-state index contributed by atoms with van der Waals surface area (Å²) in [6, 6.07) is 1.37. The van der Waals surface area contributed by atoms with Gasteiger partial charge in [0.05, 0.1) is 4.90 Å². The lowest BCUT2D eigenvalue weighted by molar-refractivity contribution is -0.274. The predicted octanol–water partition coefficient (Wildman–Crippen LogP) is 2.17. The summed E-state index contributed by atoms with van der Waals surface area (Å²) in [5.74, 6) is -0.948. The molecule has 0 atom stereocenters. The van der Waals surface area contributed by atoms with E-state index in [4.69, 9.17) is 0 Å². The summed E-state index contributed by atoms with van der Waals surface area (Å²) in [6.45, 7) is 0. The van der Waals surface area contributed by atoms with Crippen molar-refractivity contribution in [1.29, 1.82) is 0 Å². The Labute approximate surface area is 98.2 Å². The largest absolute Gasteiger partial charge is 0.573 e. The van der Waals surface area contributed by atoms with Crippen LogP contribution in [0.1, 0.15) is 12.0 Å². The van der Waals surface area contributed by atoms with Crippen LogP contribution in [0, 0.1) is 0 Å². The molecule has 102 valence electrons. The minimum atomic E-state index is -5.07. The summed E-state index contributed by atoms with van der Waals surface area (Å²) in [7, 11) is -4.58. The number of ether oxygens (including phenoxy) is 1. The van der Waals surface area contributed by atoms with E-state index in [9.17, 15) is 30.4 Å². The van der Waals surface area contributed by atoms with Gasteiger partial charge in [0.15, 0.2) is 0 Å². The third-order valence-corrected chi connectivity index (χ3v) is 2.73. The molecule has 0 bridgehead atoms. The molecular formula is C8H6F5NO3S. The second-order valence-electron chi connectivity index (χ2n) is 3.09. The van der Waals surface area contributed by atoms with Crippen molar-refractivity contribution in [3.05, 3.63) is 23.8 Å². The van der Waals surface area contributed by atoms with Gasteiger partial charge in [-0.05, 0) is 12.1 Å². The summed E-state index contributed by atoms with van der Waals surface area (Å²) in [5, 5.41) is 4.63. The van der Waals surface area contributed by atoms with Gasteiger partial charge in [-0.1, -0.05) is 0 Å². The van der Waals surface area contributed by atoms with Crippen LogP contribution in [-0.4, -0.2) is 14.8 Å². The van der Waals surface area contributed by atoms with Crippen molar-refractivity contribution in [2.45, 2.75) is 17.7 Å². The van der Waals surface area contributed by atoms with Gasteiger partial charge in [0.25, 0.3) is 6.43 Å². The first-order valence-corrected chi connectivity index (χ1v) is 5.76. The Morgan fingerprint density at radius 1 is 1.22 bits per heavy atom. The van der Waals surface area contributed by atoms with Crippen LogP contribution < -0.4 is 9.88 Å². The van der Waals surface area contributed by atoms with Crippen LogP contribution in [0.3, 0.4) is 0 Å². The van der Waals surface area contributed by atoms with Crippen molar-refractivity contribution in [2.24, 2.45) is 5.14 Å². The Morgan fingerprint density at radius 2 is 1.78 bits per heavy atom. The van der Waals surface area contributed by atoms with Gasteiger partial charge in [0.1, 0.15) is 5.75 Å². The topological polar surface area (TPSA) is 69.4 Å². The smallest absolute Gasteiger partial charge is 0.406 e. The number of hydrogen-bond donors (Lipinski definition) is 1. The van der Waals surface area contributed by atoms with Gasteiger partial charge in [-0.2, -0.15) is 0 Å². The summed E-state index contributed by atoms with van der Waals surface area (Å²) in [5.41, 5.74) is -0.993. The summed E-state index contributed by atoms with van der Waals surface area (Å²) >= 11 is 0. The van der Waals surface area contributed by atoms with Crippen LogP contribution in [0.25, 0.3) is 0 Å². The Kier molecular flexibility index (Phi) is 3.81. The monoisotopic (exact) mass is 291 g/mol. The third kappa shape index (κ3) is 3.81. The van der Waals surface area contributed by atoms with E-state index in [2.05, 4.69) is 9.88 Å². The predicted molar refractivity (Wildman–Crippen MR) is 49.5 cm³/mol. The molecule has 0 fully saturated rings. The molecule has 0 radical (unpaired) electrons. The minimum Gasteiger partial charge on any atom is -0.406 e. The highest BCUT2D eigenvalue weighted by atomic mass is 32.2. The number of rotatable bonds is 3. The van der Waals surface area contributed by atoms with Gasteiger partial charge in [0.2, 0.25) is 10.0 Å². The maximum absolute atomic E-state index is 12.4. The number of sulfonamides is 1. The Hall–Kier alpha value is -1.42. The molecule has 10 heteroatoms. The average molecular weight is 291 g/mol. The van der Waals surface area contributed by atoms with Crippen LogP contribution in [0.2, 0.25) is 0 Å². The standard InChI is InChI=1S/C8H6F5NO3S/c9-7(10)5-2-1-4(17-8(11,12)13)3-6(5)18(14,15)16/h1-3,7H,(H2,14,15,16). The molecule has 1 aromatic carbocycles. The molecule has 0 saturated carbocycles.